The summed E-state index contributed by atoms with van der Waals surface area (Å²) in [7, 11) is 0. The van der Waals surface area contributed by atoms with Gasteiger partial charge in [0.05, 0.1) is 5.56 Å². The molecule has 2 amide bonds. The maximum atomic E-state index is 12.6. The van der Waals surface area contributed by atoms with Gasteiger partial charge in [-0.05, 0) is 48.2 Å². The van der Waals surface area contributed by atoms with Crippen molar-refractivity contribution in [2.75, 3.05) is 0 Å². The van der Waals surface area contributed by atoms with Crippen molar-refractivity contribution < 1.29 is 19.1 Å². The molecule has 0 aliphatic heterocycles. The molecule has 0 aliphatic rings. The number of carbonyl (C=O) groups excluding carboxylic acids is 2. The third kappa shape index (κ3) is 6.35. The van der Waals surface area contributed by atoms with Gasteiger partial charge in [-0.1, -0.05) is 68.4 Å². The Morgan fingerprint density at radius 1 is 0.812 bits per heavy atom. The van der Waals surface area contributed by atoms with Crippen LogP contribution in [-0.2, 0) is 11.4 Å². The zero-order chi connectivity index (χ0) is 22.9. The molecule has 0 spiro atoms. The summed E-state index contributed by atoms with van der Waals surface area (Å²) < 4.78 is 11.5. The molecule has 0 aromatic heterocycles. The third-order valence-corrected chi connectivity index (χ3v) is 4.90. The first kappa shape index (κ1) is 22.9. The van der Waals surface area contributed by atoms with Crippen LogP contribution in [-0.4, -0.2) is 17.9 Å². The number of hydrogen-bond acceptors (Lipinski definition) is 4. The monoisotopic (exact) mass is 432 g/mol. The highest BCUT2D eigenvalue weighted by molar-refractivity contribution is 5.98. The summed E-state index contributed by atoms with van der Waals surface area (Å²) in [5, 5.41) is 0. The van der Waals surface area contributed by atoms with E-state index >= 15 is 0 Å². The predicted octanol–water partition coefficient (Wildman–Crippen LogP) is 4.62. The Labute approximate surface area is 188 Å². The first-order chi connectivity index (χ1) is 15.4. The lowest BCUT2D eigenvalue weighted by atomic mass is 10.0. The molecule has 3 rings (SSSR count). The average molecular weight is 433 g/mol. The molecule has 0 radical (unpaired) electrons. The summed E-state index contributed by atoms with van der Waals surface area (Å²) in [5.74, 6) is 0.490. The molecule has 3 aromatic rings. The lowest BCUT2D eigenvalue weighted by Gasteiger charge is -2.16. The van der Waals surface area contributed by atoms with E-state index < -0.39 is 17.9 Å². The minimum atomic E-state index is -0.787. The van der Waals surface area contributed by atoms with Gasteiger partial charge in [-0.25, -0.2) is 0 Å². The van der Waals surface area contributed by atoms with Gasteiger partial charge < -0.3 is 9.47 Å². The lowest BCUT2D eigenvalue weighted by Crippen LogP contribution is -2.47. The summed E-state index contributed by atoms with van der Waals surface area (Å²) in [6.45, 7) is 6.17. The Hall–Kier alpha value is -3.80. The summed E-state index contributed by atoms with van der Waals surface area (Å²) in [6, 6.07) is 24.1. The Morgan fingerprint density at radius 2 is 1.47 bits per heavy atom. The second kappa shape index (κ2) is 11.0. The number of benzene rings is 3. The fraction of sp³-hybridized carbons (Fsp3) is 0.231. The smallest absolute Gasteiger partial charge is 0.279 e. The molecular weight excluding hydrogens is 404 g/mol. The molecule has 0 aliphatic carbocycles. The number of hydrogen-bond donors (Lipinski definition) is 2. The van der Waals surface area contributed by atoms with Crippen molar-refractivity contribution in [3.05, 3.63) is 95.6 Å². The van der Waals surface area contributed by atoms with Gasteiger partial charge in [0.15, 0.2) is 6.10 Å². The van der Waals surface area contributed by atoms with Gasteiger partial charge >= 0.3 is 0 Å². The van der Waals surface area contributed by atoms with Crippen LogP contribution in [0.1, 0.15) is 48.2 Å². The zero-order valence-corrected chi connectivity index (χ0v) is 18.5. The van der Waals surface area contributed by atoms with E-state index in [2.05, 4.69) is 24.7 Å². The molecule has 0 saturated heterocycles. The van der Waals surface area contributed by atoms with Gasteiger partial charge in [0.1, 0.15) is 18.1 Å². The van der Waals surface area contributed by atoms with Crippen LogP contribution in [0, 0.1) is 0 Å². The Morgan fingerprint density at radius 3 is 2.16 bits per heavy atom. The average Bonchev–Trinajstić information content (AvgIpc) is 2.82. The van der Waals surface area contributed by atoms with Crippen LogP contribution in [0.2, 0.25) is 0 Å². The molecule has 0 saturated carbocycles. The lowest BCUT2D eigenvalue weighted by molar-refractivity contribution is -0.128. The molecule has 1 unspecified atom stereocenters. The second-order valence-corrected chi connectivity index (χ2v) is 7.70. The topological polar surface area (TPSA) is 76.7 Å². The summed E-state index contributed by atoms with van der Waals surface area (Å²) in [4.78, 5) is 25.0. The van der Waals surface area contributed by atoms with Crippen LogP contribution in [0.15, 0.2) is 78.9 Å². The molecule has 1 atom stereocenters. The number of carbonyl (C=O) groups is 2. The van der Waals surface area contributed by atoms with Crippen LogP contribution in [0.3, 0.4) is 0 Å². The highest BCUT2D eigenvalue weighted by Gasteiger charge is 2.18. The van der Waals surface area contributed by atoms with Gasteiger partial charge in [-0.2, -0.15) is 0 Å². The first-order valence-electron chi connectivity index (χ1n) is 10.6. The SMILES string of the molecule is CC(Oc1ccc(C(C)C)cc1)C(=O)NNC(=O)c1ccccc1OCc1ccccc1. The quantitative estimate of drug-likeness (QED) is 0.510. The highest BCUT2D eigenvalue weighted by Crippen LogP contribution is 2.20. The van der Waals surface area contributed by atoms with Gasteiger partial charge in [0.2, 0.25) is 0 Å². The Kier molecular flexibility index (Phi) is 7.86. The molecule has 0 fully saturated rings. The van der Waals surface area contributed by atoms with E-state index in [1.807, 2.05) is 54.6 Å². The van der Waals surface area contributed by atoms with Gasteiger partial charge in [0, 0.05) is 0 Å². The van der Waals surface area contributed by atoms with E-state index in [-0.39, 0.29) is 0 Å². The van der Waals surface area contributed by atoms with Crippen molar-refractivity contribution in [2.45, 2.75) is 39.4 Å². The van der Waals surface area contributed by atoms with E-state index in [1.165, 1.54) is 5.56 Å². The van der Waals surface area contributed by atoms with Crippen molar-refractivity contribution in [2.24, 2.45) is 0 Å². The van der Waals surface area contributed by atoms with E-state index in [0.29, 0.717) is 29.6 Å². The Bertz CT molecular complexity index is 1030. The minimum absolute atomic E-state index is 0.321. The maximum absolute atomic E-state index is 12.6. The second-order valence-electron chi connectivity index (χ2n) is 7.70. The fourth-order valence-electron chi connectivity index (χ4n) is 2.99. The molecule has 0 heterocycles. The van der Waals surface area contributed by atoms with Crippen LogP contribution >= 0.6 is 0 Å². The van der Waals surface area contributed by atoms with Crippen molar-refractivity contribution in [3.63, 3.8) is 0 Å². The maximum Gasteiger partial charge on any atom is 0.279 e. The van der Waals surface area contributed by atoms with Gasteiger partial charge in [-0.15, -0.1) is 0 Å². The standard InChI is InChI=1S/C26H28N2O4/c1-18(2)21-13-15-22(16-14-21)32-19(3)25(29)27-28-26(30)23-11-7-8-12-24(23)31-17-20-9-5-4-6-10-20/h4-16,18-19H,17H2,1-3H3,(H,27,29)(H,28,30). The largest absolute Gasteiger partial charge is 0.488 e. The Balaban J connectivity index is 1.54. The summed E-state index contributed by atoms with van der Waals surface area (Å²) in [6.07, 6.45) is -0.787. The molecule has 32 heavy (non-hydrogen) atoms. The molecular formula is C26H28N2O4. The first-order valence-corrected chi connectivity index (χ1v) is 10.6. The third-order valence-electron chi connectivity index (χ3n) is 4.90. The summed E-state index contributed by atoms with van der Waals surface area (Å²) in [5.41, 5.74) is 7.34. The molecule has 6 nitrogen and oxygen atoms in total. The van der Waals surface area contributed by atoms with E-state index in [1.54, 1.807) is 31.2 Å². The van der Waals surface area contributed by atoms with Crippen molar-refractivity contribution >= 4 is 11.8 Å². The predicted molar refractivity (Wildman–Crippen MR) is 123 cm³/mol. The van der Waals surface area contributed by atoms with Crippen molar-refractivity contribution in [1.82, 2.24) is 10.9 Å². The number of amides is 2. The zero-order valence-electron chi connectivity index (χ0n) is 18.5. The van der Waals surface area contributed by atoms with Crippen LogP contribution < -0.4 is 20.3 Å². The van der Waals surface area contributed by atoms with Gasteiger partial charge in [-0.3, -0.25) is 20.4 Å². The molecule has 166 valence electrons. The van der Waals surface area contributed by atoms with Crippen LogP contribution in [0.5, 0.6) is 11.5 Å². The number of rotatable bonds is 8. The highest BCUT2D eigenvalue weighted by atomic mass is 16.5. The van der Waals surface area contributed by atoms with E-state index in [9.17, 15) is 9.59 Å². The van der Waals surface area contributed by atoms with Crippen LogP contribution in [0.25, 0.3) is 0 Å². The molecule has 2 N–H and O–H groups in total. The number of nitrogens with one attached hydrogen (secondary N) is 2. The molecule has 3 aromatic carbocycles. The number of hydrazine groups is 1. The normalized spacial score (nSPS) is 11.5. The number of para-hydroxylation sites is 1. The van der Waals surface area contributed by atoms with Crippen LogP contribution in [0.4, 0.5) is 0 Å². The van der Waals surface area contributed by atoms with Crippen molar-refractivity contribution in [3.8, 4) is 11.5 Å². The van der Waals surface area contributed by atoms with Crippen molar-refractivity contribution in [1.29, 1.82) is 0 Å². The van der Waals surface area contributed by atoms with Gasteiger partial charge in [0.25, 0.3) is 11.8 Å². The minimum Gasteiger partial charge on any atom is -0.488 e. The summed E-state index contributed by atoms with van der Waals surface area (Å²) >= 11 is 0. The molecule has 0 bridgehead atoms. The number of ether oxygens (including phenoxy) is 2. The fourth-order valence-corrected chi connectivity index (χ4v) is 2.99. The molecule has 6 heteroatoms. The van der Waals surface area contributed by atoms with E-state index in [0.717, 1.165) is 5.56 Å². The van der Waals surface area contributed by atoms with E-state index in [4.69, 9.17) is 9.47 Å².